The van der Waals surface area contributed by atoms with Crippen molar-refractivity contribution in [3.63, 3.8) is 0 Å². The first kappa shape index (κ1) is 21.4. The van der Waals surface area contributed by atoms with E-state index in [9.17, 15) is 6.85 Å². The van der Waals surface area contributed by atoms with Gasteiger partial charge in [-0.25, -0.2) is 0 Å². The summed E-state index contributed by atoms with van der Waals surface area (Å²) in [6, 6.07) is 43.1. The van der Waals surface area contributed by atoms with Crippen molar-refractivity contribution >= 4 is 54.3 Å². The van der Waals surface area contributed by atoms with Crippen molar-refractivity contribution in [2.45, 2.75) is 0 Å². The third-order valence-corrected chi connectivity index (χ3v) is 9.48. The maximum absolute atomic E-state index is 9.92. The Kier molecular flexibility index (Phi) is 4.85. The van der Waals surface area contributed by atoms with Crippen molar-refractivity contribution in [3.05, 3.63) is 182 Å². The van der Waals surface area contributed by atoms with E-state index in [2.05, 4.69) is 30.3 Å². The minimum absolute atomic E-state index is 0.00249. The van der Waals surface area contributed by atoms with Crippen LogP contribution >= 0.6 is 0 Å². The SMILES string of the molecule is [2H]c1c([2H])c([2H])c2c(-c3ccc4oc5ccccc5c4c3)c3c([2H])c(-c4ccccc4)c([2H])c([2H])c3c(-c3ccc(-c4ccc5ccccc5c4)cc3)c2c1[2H]. The first-order chi connectivity index (χ1) is 27.2. The lowest BCUT2D eigenvalue weighted by atomic mass is 9.84. The van der Waals surface area contributed by atoms with E-state index in [0.29, 0.717) is 44.4 Å². The van der Waals surface area contributed by atoms with Crippen LogP contribution in [0.5, 0.6) is 0 Å². The van der Waals surface area contributed by atoms with Crippen LogP contribution in [0.2, 0.25) is 0 Å². The van der Waals surface area contributed by atoms with Crippen molar-refractivity contribution in [3.8, 4) is 44.5 Å². The van der Waals surface area contributed by atoms with Crippen LogP contribution in [0.3, 0.4) is 0 Å². The van der Waals surface area contributed by atoms with Gasteiger partial charge in [0.2, 0.25) is 0 Å². The molecule has 0 amide bonds. The second-order valence-corrected chi connectivity index (χ2v) is 12.3. The van der Waals surface area contributed by atoms with Gasteiger partial charge in [0, 0.05) is 10.8 Å². The van der Waals surface area contributed by atoms with Gasteiger partial charge in [0.25, 0.3) is 0 Å². The maximum Gasteiger partial charge on any atom is 0.135 e. The van der Waals surface area contributed by atoms with Crippen molar-refractivity contribution in [2.75, 3.05) is 0 Å². The van der Waals surface area contributed by atoms with Crippen molar-refractivity contribution in [1.82, 2.24) is 0 Å². The van der Waals surface area contributed by atoms with Gasteiger partial charge < -0.3 is 4.42 Å². The largest absolute Gasteiger partial charge is 0.456 e. The Labute approximate surface area is 294 Å². The van der Waals surface area contributed by atoms with E-state index in [0.717, 1.165) is 32.7 Å². The molecule has 1 heteroatoms. The molecule has 0 aliphatic rings. The fourth-order valence-corrected chi connectivity index (χ4v) is 7.13. The first-order valence-electron chi connectivity index (χ1n) is 19.8. The second-order valence-electron chi connectivity index (χ2n) is 12.3. The second kappa shape index (κ2) is 11.1. The maximum atomic E-state index is 9.92. The summed E-state index contributed by atoms with van der Waals surface area (Å²) in [6.07, 6.45) is 0. The topological polar surface area (TPSA) is 13.1 Å². The molecule has 1 aromatic heterocycles. The van der Waals surface area contributed by atoms with Crippen LogP contribution in [0.1, 0.15) is 9.60 Å². The Morgan fingerprint density at radius 2 is 0.959 bits per heavy atom. The number of furan rings is 1. The lowest BCUT2D eigenvalue weighted by Gasteiger charge is -2.19. The quantitative estimate of drug-likeness (QED) is 0.177. The Bertz CT molecular complexity index is 3260. The van der Waals surface area contributed by atoms with Gasteiger partial charge in [-0.3, -0.25) is 0 Å². The number of hydrogen-bond acceptors (Lipinski definition) is 1. The Balaban J connectivity index is 1.36. The van der Waals surface area contributed by atoms with Crippen LogP contribution in [0.4, 0.5) is 0 Å². The summed E-state index contributed by atoms with van der Waals surface area (Å²) < 4.78 is 71.8. The molecule has 1 heterocycles. The summed E-state index contributed by atoms with van der Waals surface area (Å²) in [5, 5.41) is 5.03. The van der Waals surface area contributed by atoms with Crippen LogP contribution in [-0.4, -0.2) is 0 Å². The zero-order chi connectivity index (χ0) is 38.4. The molecule has 10 aromatic rings. The lowest BCUT2D eigenvalue weighted by Crippen LogP contribution is -1.92. The highest BCUT2D eigenvalue weighted by Gasteiger charge is 2.19. The Hall–Kier alpha value is -6.44. The van der Waals surface area contributed by atoms with Crippen LogP contribution in [-0.2, 0) is 0 Å². The van der Waals surface area contributed by atoms with E-state index in [1.807, 2.05) is 109 Å². The molecule has 0 saturated carbocycles. The van der Waals surface area contributed by atoms with E-state index in [1.165, 1.54) is 0 Å². The number of para-hydroxylation sites is 1. The van der Waals surface area contributed by atoms with E-state index in [1.54, 1.807) is 0 Å². The molecule has 0 spiro atoms. The molecule has 9 aromatic carbocycles. The molecule has 49 heavy (non-hydrogen) atoms. The lowest BCUT2D eigenvalue weighted by molar-refractivity contribution is 0.669. The van der Waals surface area contributed by atoms with Gasteiger partial charge in [0.15, 0.2) is 0 Å². The normalized spacial score (nSPS) is 13.7. The highest BCUT2D eigenvalue weighted by molar-refractivity contribution is 6.22. The molecule has 0 aliphatic heterocycles. The summed E-state index contributed by atoms with van der Waals surface area (Å²) in [6.45, 7) is 0. The zero-order valence-corrected chi connectivity index (χ0v) is 26.2. The molecule has 1 nitrogen and oxygen atoms in total. The van der Waals surface area contributed by atoms with Crippen LogP contribution in [0, 0.1) is 0 Å². The van der Waals surface area contributed by atoms with E-state index in [4.69, 9.17) is 7.16 Å². The Morgan fingerprint density at radius 3 is 1.80 bits per heavy atom. The highest BCUT2D eigenvalue weighted by Crippen LogP contribution is 2.46. The minimum Gasteiger partial charge on any atom is -0.456 e. The van der Waals surface area contributed by atoms with Gasteiger partial charge in [-0.05, 0) is 107 Å². The fraction of sp³-hybridized carbons (Fsp3) is 0. The first-order valence-corrected chi connectivity index (χ1v) is 16.3. The average molecular weight is 630 g/mol. The van der Waals surface area contributed by atoms with Gasteiger partial charge in [-0.1, -0.05) is 152 Å². The summed E-state index contributed by atoms with van der Waals surface area (Å²) >= 11 is 0. The number of hydrogen-bond donors (Lipinski definition) is 0. The van der Waals surface area contributed by atoms with Crippen molar-refractivity contribution in [1.29, 1.82) is 0 Å². The smallest absolute Gasteiger partial charge is 0.135 e. The Morgan fingerprint density at radius 1 is 0.347 bits per heavy atom. The molecule has 0 aliphatic carbocycles. The van der Waals surface area contributed by atoms with Crippen molar-refractivity contribution in [2.24, 2.45) is 0 Å². The molecule has 0 saturated heterocycles. The van der Waals surface area contributed by atoms with Gasteiger partial charge >= 0.3 is 0 Å². The van der Waals surface area contributed by atoms with Gasteiger partial charge in [0.05, 0.1) is 9.60 Å². The standard InChI is InChI=1S/C48H30O/c1-2-10-31(11-3-1)37-24-26-42-44(29-37)48(38-25-27-46-43(30-38)39-14-8-9-17-45(39)49-46)41-16-7-6-15-40(41)47(42)34-21-18-33(19-22-34)36-23-20-32-12-4-5-13-35(32)28-36/h1-30H/i6D,7D,15D,16D,24D,26D,29D. The molecular formula is C48H30O. The molecule has 0 atom stereocenters. The van der Waals surface area contributed by atoms with Crippen LogP contribution < -0.4 is 0 Å². The third kappa shape index (κ3) is 4.55. The summed E-state index contributed by atoms with van der Waals surface area (Å²) in [7, 11) is 0. The molecule has 0 N–H and O–H groups in total. The van der Waals surface area contributed by atoms with E-state index < -0.39 is 12.1 Å². The number of rotatable bonds is 4. The van der Waals surface area contributed by atoms with Gasteiger partial charge in [-0.2, -0.15) is 0 Å². The van der Waals surface area contributed by atoms with Crippen LogP contribution in [0.15, 0.2) is 186 Å². The fourth-order valence-electron chi connectivity index (χ4n) is 7.13. The highest BCUT2D eigenvalue weighted by atomic mass is 16.3. The van der Waals surface area contributed by atoms with E-state index in [-0.39, 0.29) is 51.9 Å². The molecule has 10 rings (SSSR count). The summed E-state index contributed by atoms with van der Waals surface area (Å²) in [5.41, 5.74) is 6.21. The molecule has 0 bridgehead atoms. The predicted octanol–water partition coefficient (Wildman–Crippen LogP) is 13.7. The third-order valence-electron chi connectivity index (χ3n) is 9.48. The van der Waals surface area contributed by atoms with Crippen molar-refractivity contribution < 1.29 is 14.0 Å². The summed E-state index contributed by atoms with van der Waals surface area (Å²) in [4.78, 5) is 0. The average Bonchev–Trinajstić information content (AvgIpc) is 3.61. The van der Waals surface area contributed by atoms with Gasteiger partial charge in [0.1, 0.15) is 11.2 Å². The molecule has 0 radical (unpaired) electrons. The molecule has 228 valence electrons. The van der Waals surface area contributed by atoms with E-state index >= 15 is 0 Å². The molecule has 0 unspecified atom stereocenters. The molecule has 0 fully saturated rings. The number of benzene rings is 9. The minimum atomic E-state index is -0.400. The number of fused-ring (bicyclic) bond motifs is 6. The monoisotopic (exact) mass is 629 g/mol. The summed E-state index contributed by atoms with van der Waals surface area (Å²) in [5.74, 6) is 0. The van der Waals surface area contributed by atoms with Crippen LogP contribution in [0.25, 0.3) is 98.8 Å². The molecular weight excluding hydrogens is 593 g/mol. The zero-order valence-electron chi connectivity index (χ0n) is 33.2. The predicted molar refractivity (Wildman–Crippen MR) is 208 cm³/mol. The van der Waals surface area contributed by atoms with Gasteiger partial charge in [-0.15, -0.1) is 0 Å².